The number of hydrogen-bond donors (Lipinski definition) is 1. The van der Waals surface area contributed by atoms with E-state index in [1.54, 1.807) is 42.3 Å². The van der Waals surface area contributed by atoms with Crippen molar-refractivity contribution in [3.63, 3.8) is 0 Å². The standard InChI is InChI=1S/C23H22N8O2/c1-32-8-9-33-15-19-7-3-6-18(26-19)13-31-14-22(29-30-31)21-11-20(27-23(25)28-21)17-5-2-4-16(10-17)12-24/h2-7,10-11,14H,8-9,13,15H2,1H3,(H2,25,27,28). The van der Waals surface area contributed by atoms with Crippen LogP contribution in [0.15, 0.2) is 54.7 Å². The molecule has 0 bridgehead atoms. The molecule has 0 spiro atoms. The van der Waals surface area contributed by atoms with E-state index in [-0.39, 0.29) is 5.95 Å². The van der Waals surface area contributed by atoms with Gasteiger partial charge in [-0.05, 0) is 30.3 Å². The molecule has 10 nitrogen and oxygen atoms in total. The van der Waals surface area contributed by atoms with Gasteiger partial charge in [-0.1, -0.05) is 23.4 Å². The third-order valence-corrected chi connectivity index (χ3v) is 4.70. The Labute approximate surface area is 190 Å². The van der Waals surface area contributed by atoms with Crippen LogP contribution in [0.3, 0.4) is 0 Å². The summed E-state index contributed by atoms with van der Waals surface area (Å²) in [5.41, 5.74) is 10.6. The zero-order valence-corrected chi connectivity index (χ0v) is 18.0. The van der Waals surface area contributed by atoms with Crippen LogP contribution in [0.4, 0.5) is 5.95 Å². The molecular formula is C23H22N8O2. The number of anilines is 1. The van der Waals surface area contributed by atoms with Gasteiger partial charge in [-0.2, -0.15) is 5.26 Å². The minimum atomic E-state index is 0.113. The quantitative estimate of drug-likeness (QED) is 0.387. The first-order valence-corrected chi connectivity index (χ1v) is 10.2. The van der Waals surface area contributed by atoms with E-state index in [9.17, 15) is 0 Å². The van der Waals surface area contributed by atoms with E-state index in [0.29, 0.717) is 49.0 Å². The van der Waals surface area contributed by atoms with Crippen LogP contribution >= 0.6 is 0 Å². The lowest BCUT2D eigenvalue weighted by Gasteiger charge is -2.06. The smallest absolute Gasteiger partial charge is 0.221 e. The summed E-state index contributed by atoms with van der Waals surface area (Å²) in [6, 6.07) is 16.8. The summed E-state index contributed by atoms with van der Waals surface area (Å²) >= 11 is 0. The number of nitrogens with two attached hydrogens (primary N) is 1. The lowest BCUT2D eigenvalue weighted by atomic mass is 10.1. The van der Waals surface area contributed by atoms with Gasteiger partial charge in [0.2, 0.25) is 5.95 Å². The molecule has 0 unspecified atom stereocenters. The number of benzene rings is 1. The molecule has 33 heavy (non-hydrogen) atoms. The molecule has 0 atom stereocenters. The molecule has 4 rings (SSSR count). The monoisotopic (exact) mass is 442 g/mol. The first-order valence-electron chi connectivity index (χ1n) is 10.2. The summed E-state index contributed by atoms with van der Waals surface area (Å²) < 4.78 is 12.2. The second kappa shape index (κ2) is 10.4. The molecule has 3 aromatic heterocycles. The van der Waals surface area contributed by atoms with Crippen molar-refractivity contribution in [3.8, 4) is 28.7 Å². The van der Waals surface area contributed by atoms with Crippen LogP contribution in [-0.2, 0) is 22.6 Å². The molecule has 166 valence electrons. The van der Waals surface area contributed by atoms with Gasteiger partial charge in [-0.25, -0.2) is 14.6 Å². The summed E-state index contributed by atoms with van der Waals surface area (Å²) in [6.45, 7) is 1.91. The molecule has 3 heterocycles. The fourth-order valence-electron chi connectivity index (χ4n) is 3.17. The third-order valence-electron chi connectivity index (χ3n) is 4.70. The number of nitrogens with zero attached hydrogens (tertiary/aromatic N) is 7. The van der Waals surface area contributed by atoms with Crippen molar-refractivity contribution < 1.29 is 9.47 Å². The Morgan fingerprint density at radius 2 is 1.79 bits per heavy atom. The van der Waals surface area contributed by atoms with E-state index in [2.05, 4.69) is 31.3 Å². The minimum absolute atomic E-state index is 0.113. The van der Waals surface area contributed by atoms with Crippen LogP contribution in [0, 0.1) is 11.3 Å². The highest BCUT2D eigenvalue weighted by Crippen LogP contribution is 2.24. The van der Waals surface area contributed by atoms with Crippen LogP contribution in [-0.4, -0.2) is 50.3 Å². The van der Waals surface area contributed by atoms with E-state index in [4.69, 9.17) is 20.5 Å². The van der Waals surface area contributed by atoms with Gasteiger partial charge in [0, 0.05) is 12.7 Å². The Bertz CT molecular complexity index is 1280. The lowest BCUT2D eigenvalue weighted by Crippen LogP contribution is -2.06. The van der Waals surface area contributed by atoms with Crippen LogP contribution in [0.25, 0.3) is 22.6 Å². The maximum absolute atomic E-state index is 9.16. The van der Waals surface area contributed by atoms with Gasteiger partial charge >= 0.3 is 0 Å². The summed E-state index contributed by atoms with van der Waals surface area (Å²) in [4.78, 5) is 13.2. The van der Waals surface area contributed by atoms with Gasteiger partial charge in [0.25, 0.3) is 0 Å². The molecule has 1 aromatic carbocycles. The average molecular weight is 442 g/mol. The van der Waals surface area contributed by atoms with Crippen LogP contribution in [0.5, 0.6) is 0 Å². The van der Waals surface area contributed by atoms with E-state index in [0.717, 1.165) is 17.0 Å². The molecule has 0 amide bonds. The summed E-state index contributed by atoms with van der Waals surface area (Å²) in [5.74, 6) is 0.113. The zero-order chi connectivity index (χ0) is 23.0. The fourth-order valence-corrected chi connectivity index (χ4v) is 3.17. The molecule has 4 aromatic rings. The van der Waals surface area contributed by atoms with Crippen molar-refractivity contribution in [3.05, 3.63) is 71.7 Å². The Kier molecular flexibility index (Phi) is 6.94. The molecule has 10 heteroatoms. The predicted octanol–water partition coefficient (Wildman–Crippen LogP) is 2.46. The maximum Gasteiger partial charge on any atom is 0.221 e. The maximum atomic E-state index is 9.16. The predicted molar refractivity (Wildman–Crippen MR) is 120 cm³/mol. The molecule has 0 aliphatic heterocycles. The van der Waals surface area contributed by atoms with E-state index < -0.39 is 0 Å². The first kappa shape index (κ1) is 22.0. The number of nitrogen functional groups attached to an aromatic ring is 1. The van der Waals surface area contributed by atoms with E-state index in [1.807, 2.05) is 24.3 Å². The SMILES string of the molecule is COCCOCc1cccc(Cn2cc(-c3cc(-c4cccc(C#N)c4)nc(N)n3)nn2)n1. The molecule has 0 aliphatic carbocycles. The highest BCUT2D eigenvalue weighted by Gasteiger charge is 2.11. The van der Waals surface area contributed by atoms with Crippen LogP contribution in [0.1, 0.15) is 17.0 Å². The van der Waals surface area contributed by atoms with Gasteiger partial charge in [0.15, 0.2) is 0 Å². The van der Waals surface area contributed by atoms with Crippen molar-refractivity contribution in [2.75, 3.05) is 26.1 Å². The molecule has 0 saturated carbocycles. The molecule has 0 fully saturated rings. The molecular weight excluding hydrogens is 420 g/mol. The minimum Gasteiger partial charge on any atom is -0.382 e. The van der Waals surface area contributed by atoms with E-state index >= 15 is 0 Å². The Balaban J connectivity index is 1.51. The zero-order valence-electron chi connectivity index (χ0n) is 18.0. The highest BCUT2D eigenvalue weighted by atomic mass is 16.5. The van der Waals surface area contributed by atoms with Gasteiger partial charge in [-0.15, -0.1) is 5.10 Å². The molecule has 2 N–H and O–H groups in total. The van der Waals surface area contributed by atoms with Crippen molar-refractivity contribution >= 4 is 5.95 Å². The second-order valence-corrected chi connectivity index (χ2v) is 7.16. The van der Waals surface area contributed by atoms with Crippen molar-refractivity contribution in [2.24, 2.45) is 0 Å². The van der Waals surface area contributed by atoms with Gasteiger partial charge in [0.1, 0.15) is 5.69 Å². The Morgan fingerprint density at radius 3 is 2.64 bits per heavy atom. The molecule has 0 aliphatic rings. The van der Waals surface area contributed by atoms with Crippen LogP contribution < -0.4 is 5.73 Å². The van der Waals surface area contributed by atoms with Crippen LogP contribution in [0.2, 0.25) is 0 Å². The van der Waals surface area contributed by atoms with Gasteiger partial charge in [0.05, 0.1) is 67.0 Å². The van der Waals surface area contributed by atoms with Crippen molar-refractivity contribution in [1.29, 1.82) is 5.26 Å². The number of aromatic nitrogens is 6. The normalized spacial score (nSPS) is 10.8. The highest BCUT2D eigenvalue weighted by molar-refractivity contribution is 5.68. The largest absolute Gasteiger partial charge is 0.382 e. The summed E-state index contributed by atoms with van der Waals surface area (Å²) in [7, 11) is 1.64. The second-order valence-electron chi connectivity index (χ2n) is 7.16. The number of hydrogen-bond acceptors (Lipinski definition) is 9. The summed E-state index contributed by atoms with van der Waals surface area (Å²) in [6.07, 6.45) is 1.78. The number of ether oxygens (including phenoxy) is 2. The number of methoxy groups -OCH3 is 1. The molecule has 0 radical (unpaired) electrons. The number of rotatable bonds is 9. The molecule has 0 saturated heterocycles. The van der Waals surface area contributed by atoms with Crippen molar-refractivity contribution in [2.45, 2.75) is 13.2 Å². The lowest BCUT2D eigenvalue weighted by molar-refractivity contribution is 0.0601. The topological polar surface area (TPSA) is 138 Å². The van der Waals surface area contributed by atoms with Gasteiger partial charge in [-0.3, -0.25) is 4.98 Å². The number of pyridine rings is 1. The third kappa shape index (κ3) is 5.74. The fraction of sp³-hybridized carbons (Fsp3) is 0.217. The number of nitriles is 1. The summed E-state index contributed by atoms with van der Waals surface area (Å²) in [5, 5.41) is 17.6. The Morgan fingerprint density at radius 1 is 0.970 bits per heavy atom. The Hall–Kier alpha value is -4.20. The van der Waals surface area contributed by atoms with Crippen molar-refractivity contribution in [1.82, 2.24) is 29.9 Å². The van der Waals surface area contributed by atoms with E-state index in [1.165, 1.54) is 0 Å². The van der Waals surface area contributed by atoms with Gasteiger partial charge < -0.3 is 15.2 Å². The average Bonchev–Trinajstić information content (AvgIpc) is 3.30. The first-order chi connectivity index (χ1) is 16.1.